The maximum absolute atomic E-state index is 13.1. The Morgan fingerprint density at radius 2 is 1.74 bits per heavy atom. The second kappa shape index (κ2) is 9.68. The molecule has 0 saturated carbocycles. The predicted molar refractivity (Wildman–Crippen MR) is 122 cm³/mol. The third kappa shape index (κ3) is 5.28. The first-order valence-corrected chi connectivity index (χ1v) is 12.7. The number of thiazole rings is 1. The van der Waals surface area contributed by atoms with Gasteiger partial charge in [0.15, 0.2) is 0 Å². The zero-order chi connectivity index (χ0) is 22.6. The lowest BCUT2D eigenvalue weighted by Crippen LogP contribution is -2.56. The summed E-state index contributed by atoms with van der Waals surface area (Å²) in [5.74, 6) is -1.67. The topological polar surface area (TPSA) is 131 Å². The van der Waals surface area contributed by atoms with Crippen molar-refractivity contribution in [1.29, 1.82) is 0 Å². The Bertz CT molecular complexity index is 1140. The van der Waals surface area contributed by atoms with Gasteiger partial charge in [-0.15, -0.1) is 11.3 Å². The number of aliphatic hydroxyl groups is 1. The van der Waals surface area contributed by atoms with Gasteiger partial charge >= 0.3 is 5.97 Å². The van der Waals surface area contributed by atoms with Crippen LogP contribution in [0, 0.1) is 0 Å². The molecule has 3 rings (SSSR count). The smallest absolute Gasteiger partial charge is 0.340 e. The van der Waals surface area contributed by atoms with Crippen LogP contribution in [0.5, 0.6) is 0 Å². The van der Waals surface area contributed by atoms with E-state index >= 15 is 0 Å². The number of thioether (sulfide) groups is 1. The number of carboxylic acids is 1. The third-order valence-corrected chi connectivity index (χ3v) is 9.09. The van der Waals surface area contributed by atoms with Crippen LogP contribution in [-0.2, 0) is 14.6 Å². The second-order valence-electron chi connectivity index (χ2n) is 6.70. The van der Waals surface area contributed by atoms with E-state index in [2.05, 4.69) is 4.98 Å². The summed E-state index contributed by atoms with van der Waals surface area (Å²) in [6, 6.07) is 12.7. The minimum atomic E-state index is -4.50. The van der Waals surface area contributed by atoms with Crippen molar-refractivity contribution in [3.63, 3.8) is 0 Å². The minimum absolute atomic E-state index is 0.0603. The van der Waals surface area contributed by atoms with Gasteiger partial charge in [-0.05, 0) is 35.4 Å². The molecular weight excluding hydrogens is 480 g/mol. The number of carboxylic acid groups (broad SMARTS) is 1. The average Bonchev–Trinajstić information content (AvgIpc) is 3.26. The van der Waals surface area contributed by atoms with Gasteiger partial charge in [-0.3, -0.25) is 0 Å². The molecule has 0 aliphatic heterocycles. The van der Waals surface area contributed by atoms with E-state index in [-0.39, 0.29) is 10.6 Å². The molecule has 7 nitrogen and oxygen atoms in total. The number of aliphatic hydroxyl groups excluding tert-OH is 1. The third-order valence-electron chi connectivity index (χ3n) is 4.53. The highest BCUT2D eigenvalue weighted by Crippen LogP contribution is 2.30. The number of rotatable bonds is 9. The number of hydrogen-bond acceptors (Lipinski definition) is 8. The molecule has 31 heavy (non-hydrogen) atoms. The molecule has 0 saturated heterocycles. The standard InChI is InChI=1S/C20H19ClN2O5S3/c21-15-5-1-13(2-6-15)14-3-7-17(8-4-14)31(27,28)20(22,18(25)26)11-16(24)12-30-19-23-9-10-29-19/h1-10,16,24H,11-12,22H2,(H,25,26). The average molecular weight is 499 g/mol. The highest BCUT2D eigenvalue weighted by molar-refractivity contribution is 8.01. The molecule has 4 N–H and O–H groups in total. The van der Waals surface area contributed by atoms with Crippen molar-refractivity contribution in [1.82, 2.24) is 4.98 Å². The molecule has 2 unspecified atom stereocenters. The summed E-state index contributed by atoms with van der Waals surface area (Å²) >= 11 is 8.44. The quantitative estimate of drug-likeness (QED) is 0.382. The van der Waals surface area contributed by atoms with Gasteiger partial charge in [0.2, 0.25) is 14.7 Å². The van der Waals surface area contributed by atoms with Gasteiger partial charge in [-0.1, -0.05) is 47.6 Å². The van der Waals surface area contributed by atoms with Crippen LogP contribution < -0.4 is 5.73 Å². The number of hydrogen-bond donors (Lipinski definition) is 3. The van der Waals surface area contributed by atoms with Crippen molar-refractivity contribution in [2.45, 2.75) is 26.6 Å². The van der Waals surface area contributed by atoms with E-state index in [1.54, 1.807) is 48.0 Å². The Hall–Kier alpha value is -1.95. The van der Waals surface area contributed by atoms with Gasteiger partial charge in [0.1, 0.15) is 4.34 Å². The lowest BCUT2D eigenvalue weighted by Gasteiger charge is -2.27. The van der Waals surface area contributed by atoms with Crippen LogP contribution in [0.3, 0.4) is 0 Å². The van der Waals surface area contributed by atoms with E-state index in [9.17, 15) is 23.4 Å². The van der Waals surface area contributed by atoms with Crippen molar-refractivity contribution in [3.05, 3.63) is 65.1 Å². The highest BCUT2D eigenvalue weighted by atomic mass is 35.5. The van der Waals surface area contributed by atoms with Crippen LogP contribution >= 0.6 is 34.7 Å². The van der Waals surface area contributed by atoms with Crippen LogP contribution in [0.4, 0.5) is 0 Å². The number of halogens is 1. The van der Waals surface area contributed by atoms with Gasteiger partial charge in [0.25, 0.3) is 0 Å². The SMILES string of the molecule is NC(CC(O)CSc1nccs1)(C(=O)O)S(=O)(=O)c1ccc(-c2ccc(Cl)cc2)cc1. The van der Waals surface area contributed by atoms with Crippen LogP contribution in [0.25, 0.3) is 11.1 Å². The van der Waals surface area contributed by atoms with Crippen LogP contribution in [-0.4, -0.2) is 46.3 Å². The van der Waals surface area contributed by atoms with E-state index in [1.807, 2.05) is 0 Å². The number of aliphatic carboxylic acids is 1. The summed E-state index contributed by atoms with van der Waals surface area (Å²) in [5.41, 5.74) is 7.43. The molecule has 0 spiro atoms. The van der Waals surface area contributed by atoms with E-state index < -0.39 is 33.2 Å². The minimum Gasteiger partial charge on any atom is -0.479 e. The van der Waals surface area contributed by atoms with Crippen LogP contribution in [0.1, 0.15) is 6.42 Å². The Morgan fingerprint density at radius 3 is 2.26 bits per heavy atom. The Balaban J connectivity index is 1.81. The van der Waals surface area contributed by atoms with Crippen molar-refractivity contribution < 1.29 is 23.4 Å². The van der Waals surface area contributed by atoms with Crippen LogP contribution in [0.15, 0.2) is 69.3 Å². The molecule has 0 fully saturated rings. The monoisotopic (exact) mass is 498 g/mol. The molecule has 1 aromatic heterocycles. The van der Waals surface area contributed by atoms with Crippen molar-refractivity contribution in [2.24, 2.45) is 5.73 Å². The molecule has 3 aromatic rings. The van der Waals surface area contributed by atoms with Crippen molar-refractivity contribution in [3.8, 4) is 11.1 Å². The molecule has 2 aromatic carbocycles. The summed E-state index contributed by atoms with van der Waals surface area (Å²) in [7, 11) is -4.50. The van der Waals surface area contributed by atoms with Crippen molar-refractivity contribution in [2.75, 3.05) is 5.75 Å². The Labute approximate surface area is 192 Å². The fourth-order valence-electron chi connectivity index (χ4n) is 2.85. The molecule has 2 atom stereocenters. The van der Waals surface area contributed by atoms with Gasteiger partial charge in [0, 0.05) is 28.8 Å². The highest BCUT2D eigenvalue weighted by Gasteiger charge is 2.49. The zero-order valence-electron chi connectivity index (χ0n) is 16.0. The van der Waals surface area contributed by atoms with Crippen molar-refractivity contribution >= 4 is 50.5 Å². The fraction of sp³-hybridized carbons (Fsp3) is 0.200. The normalized spacial score (nSPS) is 14.7. The number of aromatic nitrogens is 1. The maximum Gasteiger partial charge on any atom is 0.340 e. The summed E-state index contributed by atoms with van der Waals surface area (Å²) in [4.78, 5) is 13.0. The van der Waals surface area contributed by atoms with Crippen LogP contribution in [0.2, 0.25) is 5.02 Å². The second-order valence-corrected chi connectivity index (χ2v) is 11.5. The summed E-state index contributed by atoms with van der Waals surface area (Å²) in [6.45, 7) is 0. The van der Waals surface area contributed by atoms with Gasteiger partial charge in [0.05, 0.1) is 11.0 Å². The number of sulfone groups is 1. The summed E-state index contributed by atoms with van der Waals surface area (Å²) < 4.78 is 26.9. The first-order valence-electron chi connectivity index (χ1n) is 8.97. The van der Waals surface area contributed by atoms with E-state index in [0.29, 0.717) is 9.36 Å². The molecule has 0 aliphatic carbocycles. The van der Waals surface area contributed by atoms with Gasteiger partial charge < -0.3 is 15.9 Å². The Kier molecular flexibility index (Phi) is 7.40. The van der Waals surface area contributed by atoms with E-state index in [1.165, 1.54) is 35.2 Å². The molecule has 11 heteroatoms. The summed E-state index contributed by atoms with van der Waals surface area (Å²) in [5, 5.41) is 22.3. The number of benzene rings is 2. The first kappa shape index (κ1) is 23.7. The molecular formula is C20H19ClN2O5S3. The predicted octanol–water partition coefficient (Wildman–Crippen LogP) is 3.52. The molecule has 0 radical (unpaired) electrons. The Morgan fingerprint density at radius 1 is 1.16 bits per heavy atom. The van der Waals surface area contributed by atoms with Gasteiger partial charge in [-0.2, -0.15) is 0 Å². The maximum atomic E-state index is 13.1. The lowest BCUT2D eigenvalue weighted by atomic mass is 10.1. The summed E-state index contributed by atoms with van der Waals surface area (Å²) in [6.07, 6.45) is -0.331. The largest absolute Gasteiger partial charge is 0.479 e. The molecule has 0 amide bonds. The van der Waals surface area contributed by atoms with Gasteiger partial charge in [-0.25, -0.2) is 18.2 Å². The number of carbonyl (C=O) groups is 1. The zero-order valence-corrected chi connectivity index (χ0v) is 19.2. The first-order chi connectivity index (χ1) is 14.6. The van der Waals surface area contributed by atoms with E-state index in [4.69, 9.17) is 17.3 Å². The number of nitrogens with two attached hydrogens (primary N) is 1. The molecule has 1 heterocycles. The number of nitrogens with zero attached hydrogens (tertiary/aromatic N) is 1. The van der Waals surface area contributed by atoms with E-state index in [0.717, 1.165) is 11.1 Å². The fourth-order valence-corrected chi connectivity index (χ4v) is 6.12. The lowest BCUT2D eigenvalue weighted by molar-refractivity contribution is -0.140. The molecule has 164 valence electrons. The molecule has 0 aliphatic rings. The molecule has 0 bridgehead atoms.